The lowest BCUT2D eigenvalue weighted by Gasteiger charge is -2.33. The first kappa shape index (κ1) is 14.3. The molecular weight excluding hydrogens is 386 g/mol. The summed E-state index contributed by atoms with van der Waals surface area (Å²) in [5, 5.41) is 10.8. The number of aliphatic hydroxyl groups is 1. The maximum atomic E-state index is 10.8. The molecule has 2 unspecified atom stereocenters. The van der Waals surface area contributed by atoms with Crippen molar-refractivity contribution < 1.29 is 9.52 Å². The van der Waals surface area contributed by atoms with Crippen LogP contribution in [0, 0.1) is 0 Å². The summed E-state index contributed by atoms with van der Waals surface area (Å²) in [6.45, 7) is 0.390. The summed E-state index contributed by atoms with van der Waals surface area (Å²) in [4.78, 5) is 0. The van der Waals surface area contributed by atoms with Crippen LogP contribution in [0.15, 0.2) is 43.9 Å². The van der Waals surface area contributed by atoms with E-state index in [9.17, 15) is 5.11 Å². The maximum Gasteiger partial charge on any atom is 0.183 e. The molecule has 0 aliphatic heterocycles. The van der Waals surface area contributed by atoms with E-state index in [0.717, 1.165) is 22.9 Å². The second-order valence-corrected chi connectivity index (χ2v) is 6.76. The summed E-state index contributed by atoms with van der Waals surface area (Å²) in [5.74, 6) is 0.533. The minimum atomic E-state index is -0.751. The minimum Gasteiger partial charge on any atom is -0.450 e. The number of aliphatic hydroxyl groups excluding tert-OH is 1. The van der Waals surface area contributed by atoms with Gasteiger partial charge in [-0.05, 0) is 61.9 Å². The number of aryl methyl sites for hydroxylation is 1. The Labute approximate surface area is 134 Å². The Morgan fingerprint density at radius 2 is 2.10 bits per heavy atom. The summed E-state index contributed by atoms with van der Waals surface area (Å²) in [7, 11) is 0. The summed E-state index contributed by atoms with van der Waals surface area (Å²) in [6, 6.07) is 9.99. The van der Waals surface area contributed by atoms with Gasteiger partial charge in [0.25, 0.3) is 0 Å². The van der Waals surface area contributed by atoms with E-state index in [1.807, 2.05) is 12.1 Å². The topological polar surface area (TPSA) is 59.4 Å². The summed E-state index contributed by atoms with van der Waals surface area (Å²) >= 11 is 6.69. The summed E-state index contributed by atoms with van der Waals surface area (Å²) in [6.07, 6.45) is 1.02. The number of rotatable bonds is 3. The van der Waals surface area contributed by atoms with Crippen molar-refractivity contribution in [3.05, 3.63) is 56.4 Å². The number of hydrogen-bond donors (Lipinski definition) is 2. The number of halogens is 2. The van der Waals surface area contributed by atoms with Crippen LogP contribution < -0.4 is 5.73 Å². The number of benzene rings is 1. The van der Waals surface area contributed by atoms with Crippen molar-refractivity contribution >= 4 is 31.9 Å². The van der Waals surface area contributed by atoms with E-state index in [1.54, 1.807) is 6.07 Å². The molecule has 1 aliphatic rings. The lowest BCUT2D eigenvalue weighted by atomic mass is 9.76. The molecule has 1 aromatic heterocycles. The zero-order valence-corrected chi connectivity index (χ0v) is 13.9. The third-order valence-electron chi connectivity index (χ3n) is 4.22. The number of furan rings is 1. The van der Waals surface area contributed by atoms with Crippen LogP contribution in [0.3, 0.4) is 0 Å². The molecule has 1 aliphatic carbocycles. The fourth-order valence-electron chi connectivity index (χ4n) is 3.09. The number of nitrogens with two attached hydrogens (primary N) is 1. The van der Waals surface area contributed by atoms with E-state index in [4.69, 9.17) is 10.2 Å². The van der Waals surface area contributed by atoms with Gasteiger partial charge in [0, 0.05) is 12.0 Å². The van der Waals surface area contributed by atoms with Gasteiger partial charge in [-0.15, -0.1) is 0 Å². The second kappa shape index (κ2) is 5.30. The van der Waals surface area contributed by atoms with E-state index < -0.39 is 11.5 Å². The Morgan fingerprint density at radius 3 is 2.75 bits per heavy atom. The first-order valence-electron chi connectivity index (χ1n) is 6.50. The van der Waals surface area contributed by atoms with Crippen LogP contribution in [0.25, 0.3) is 0 Å². The zero-order valence-electron chi connectivity index (χ0n) is 10.8. The molecule has 106 valence electrons. The Hall–Kier alpha value is -0.620. The van der Waals surface area contributed by atoms with Gasteiger partial charge < -0.3 is 15.3 Å². The van der Waals surface area contributed by atoms with Crippen molar-refractivity contribution in [1.82, 2.24) is 0 Å². The number of hydrogen-bond acceptors (Lipinski definition) is 3. The van der Waals surface area contributed by atoms with E-state index in [-0.39, 0.29) is 0 Å². The van der Waals surface area contributed by atoms with Crippen molar-refractivity contribution in [2.75, 3.05) is 6.54 Å². The van der Waals surface area contributed by atoms with Crippen LogP contribution in [-0.4, -0.2) is 11.7 Å². The molecule has 0 fully saturated rings. The maximum absolute atomic E-state index is 10.8. The lowest BCUT2D eigenvalue weighted by molar-refractivity contribution is 0.0629. The Balaban J connectivity index is 2.06. The highest BCUT2D eigenvalue weighted by molar-refractivity contribution is 9.13. The molecule has 3 N–H and O–H groups in total. The molecule has 0 spiro atoms. The number of fused-ring (bicyclic) bond motifs is 1. The third kappa shape index (κ3) is 2.08. The van der Waals surface area contributed by atoms with Gasteiger partial charge in [-0.1, -0.05) is 24.3 Å². The van der Waals surface area contributed by atoms with Crippen LogP contribution in [0.4, 0.5) is 0 Å². The summed E-state index contributed by atoms with van der Waals surface area (Å²) in [5.41, 5.74) is 7.98. The lowest BCUT2D eigenvalue weighted by Crippen LogP contribution is -2.39. The van der Waals surface area contributed by atoms with Gasteiger partial charge in [0.1, 0.15) is 11.9 Å². The normalized spacial score (nSPS) is 22.8. The molecule has 0 radical (unpaired) electrons. The second-order valence-electron chi connectivity index (χ2n) is 5.19. The largest absolute Gasteiger partial charge is 0.450 e. The molecule has 2 atom stereocenters. The van der Waals surface area contributed by atoms with Gasteiger partial charge in [0.15, 0.2) is 4.67 Å². The molecule has 20 heavy (non-hydrogen) atoms. The van der Waals surface area contributed by atoms with Crippen molar-refractivity contribution in [2.24, 2.45) is 5.73 Å². The van der Waals surface area contributed by atoms with E-state index in [2.05, 4.69) is 44.0 Å². The highest BCUT2D eigenvalue weighted by Gasteiger charge is 2.45. The fraction of sp³-hybridized carbons (Fsp3) is 0.333. The van der Waals surface area contributed by atoms with E-state index >= 15 is 0 Å². The van der Waals surface area contributed by atoms with Crippen molar-refractivity contribution in [1.29, 1.82) is 0 Å². The molecule has 1 aromatic carbocycles. The molecule has 3 nitrogen and oxygen atoms in total. The van der Waals surface area contributed by atoms with Crippen molar-refractivity contribution in [2.45, 2.75) is 24.4 Å². The molecule has 2 aromatic rings. The predicted octanol–water partition coefficient (Wildman–Crippen LogP) is 3.68. The Bertz CT molecular complexity index is 621. The SMILES string of the molecule is NCC1(C(O)c2cc(Br)c(Br)o2)CCc2ccccc21. The molecule has 0 saturated carbocycles. The van der Waals surface area contributed by atoms with Crippen molar-refractivity contribution in [3.63, 3.8) is 0 Å². The molecule has 0 saturated heterocycles. The molecular formula is C15H15Br2NO2. The monoisotopic (exact) mass is 399 g/mol. The molecule has 0 amide bonds. The minimum absolute atomic E-state index is 0.390. The summed E-state index contributed by atoms with van der Waals surface area (Å²) < 4.78 is 6.98. The third-order valence-corrected chi connectivity index (χ3v) is 5.93. The van der Waals surface area contributed by atoms with Gasteiger partial charge in [-0.3, -0.25) is 0 Å². The van der Waals surface area contributed by atoms with Crippen LogP contribution in [-0.2, 0) is 11.8 Å². The molecule has 1 heterocycles. The van der Waals surface area contributed by atoms with Gasteiger partial charge in [0.2, 0.25) is 0 Å². The molecule has 0 bridgehead atoms. The zero-order chi connectivity index (χ0) is 14.3. The van der Waals surface area contributed by atoms with Crippen LogP contribution >= 0.6 is 31.9 Å². The highest BCUT2D eigenvalue weighted by atomic mass is 79.9. The van der Waals surface area contributed by atoms with E-state index in [0.29, 0.717) is 17.0 Å². The Kier molecular flexibility index (Phi) is 3.79. The first-order chi connectivity index (χ1) is 9.58. The van der Waals surface area contributed by atoms with Gasteiger partial charge in [-0.2, -0.15) is 0 Å². The standard InChI is InChI=1S/C15H15Br2NO2/c16-11-7-12(20-14(11)17)13(19)15(8-18)6-5-9-3-1-2-4-10(9)15/h1-4,7,13,19H,5-6,8,18H2. The van der Waals surface area contributed by atoms with E-state index in [1.165, 1.54) is 5.56 Å². The van der Waals surface area contributed by atoms with Crippen LogP contribution in [0.1, 0.15) is 29.4 Å². The van der Waals surface area contributed by atoms with Crippen LogP contribution in [0.2, 0.25) is 0 Å². The average molecular weight is 401 g/mol. The van der Waals surface area contributed by atoms with Crippen molar-refractivity contribution in [3.8, 4) is 0 Å². The highest BCUT2D eigenvalue weighted by Crippen LogP contribution is 2.47. The quantitative estimate of drug-likeness (QED) is 0.825. The Morgan fingerprint density at radius 1 is 1.35 bits per heavy atom. The van der Waals surface area contributed by atoms with Gasteiger partial charge in [-0.25, -0.2) is 0 Å². The predicted molar refractivity (Wildman–Crippen MR) is 84.6 cm³/mol. The van der Waals surface area contributed by atoms with Gasteiger partial charge >= 0.3 is 0 Å². The molecule has 3 rings (SSSR count). The fourth-order valence-corrected chi connectivity index (χ4v) is 3.70. The average Bonchev–Trinajstić information content (AvgIpc) is 3.00. The first-order valence-corrected chi connectivity index (χ1v) is 8.08. The van der Waals surface area contributed by atoms with Crippen LogP contribution in [0.5, 0.6) is 0 Å². The smallest absolute Gasteiger partial charge is 0.183 e. The molecule has 5 heteroatoms. The van der Waals surface area contributed by atoms with Gasteiger partial charge in [0.05, 0.1) is 4.47 Å².